The molecule has 0 N–H and O–H groups in total. The van der Waals surface area contributed by atoms with E-state index in [1.54, 1.807) is 4.90 Å². The first-order valence-electron chi connectivity index (χ1n) is 5.58. The van der Waals surface area contributed by atoms with Crippen LogP contribution in [0.1, 0.15) is 19.8 Å². The van der Waals surface area contributed by atoms with Gasteiger partial charge in [-0.05, 0) is 25.0 Å². The fourth-order valence-corrected chi connectivity index (χ4v) is 1.36. The molecule has 0 aliphatic carbocycles. The lowest BCUT2D eigenvalue weighted by Gasteiger charge is -2.21. The summed E-state index contributed by atoms with van der Waals surface area (Å²) in [5.74, 6) is 0. The van der Waals surface area contributed by atoms with E-state index in [0.29, 0.717) is 19.6 Å². The van der Waals surface area contributed by atoms with Crippen LogP contribution >= 0.6 is 0 Å². The second-order valence-corrected chi connectivity index (χ2v) is 3.46. The van der Waals surface area contributed by atoms with Gasteiger partial charge in [0.15, 0.2) is 0 Å². The van der Waals surface area contributed by atoms with E-state index in [-0.39, 0.29) is 6.09 Å². The number of ether oxygens (including phenoxy) is 1. The molecule has 0 saturated heterocycles. The van der Waals surface area contributed by atoms with Crippen molar-refractivity contribution in [3.05, 3.63) is 37.3 Å². The Hall–Kier alpha value is -1.51. The van der Waals surface area contributed by atoms with Gasteiger partial charge in [0.05, 0.1) is 6.61 Å². The van der Waals surface area contributed by atoms with E-state index in [9.17, 15) is 4.79 Å². The number of benzene rings is 1. The predicted molar refractivity (Wildman–Crippen MR) is 65.4 cm³/mol. The molecule has 0 aromatic heterocycles. The van der Waals surface area contributed by atoms with Crippen molar-refractivity contribution in [3.63, 3.8) is 0 Å². The second-order valence-electron chi connectivity index (χ2n) is 3.46. The Morgan fingerprint density at radius 3 is 2.62 bits per heavy atom. The third-order valence-corrected chi connectivity index (χ3v) is 2.10. The number of carbonyl (C=O) groups excluding carboxylic acids is 1. The second kappa shape index (κ2) is 6.88. The van der Waals surface area contributed by atoms with Gasteiger partial charge in [0.25, 0.3) is 0 Å². The van der Waals surface area contributed by atoms with Crippen LogP contribution < -0.4 is 4.90 Å². The molecule has 0 spiro atoms. The first-order valence-corrected chi connectivity index (χ1v) is 5.58. The summed E-state index contributed by atoms with van der Waals surface area (Å²) in [7, 11) is 0. The fraction of sp³-hybridized carbons (Fsp3) is 0.385. The van der Waals surface area contributed by atoms with Crippen LogP contribution in [0.15, 0.2) is 30.3 Å². The van der Waals surface area contributed by atoms with Gasteiger partial charge in [-0.1, -0.05) is 32.0 Å². The molecule has 0 heterocycles. The summed E-state index contributed by atoms with van der Waals surface area (Å²) in [6.45, 7) is 6.77. The Morgan fingerprint density at radius 2 is 2.06 bits per heavy atom. The van der Waals surface area contributed by atoms with Gasteiger partial charge in [-0.3, -0.25) is 4.90 Å². The van der Waals surface area contributed by atoms with Crippen LogP contribution in [0.4, 0.5) is 10.5 Å². The maximum absolute atomic E-state index is 11.8. The Morgan fingerprint density at radius 1 is 1.38 bits per heavy atom. The first-order chi connectivity index (χ1) is 7.79. The number of hydrogen-bond donors (Lipinski definition) is 0. The van der Waals surface area contributed by atoms with E-state index in [1.807, 2.05) is 37.3 Å². The van der Waals surface area contributed by atoms with E-state index in [1.165, 1.54) is 0 Å². The number of rotatable bonds is 5. The van der Waals surface area contributed by atoms with Crippen LogP contribution in [0.5, 0.6) is 0 Å². The molecule has 0 fully saturated rings. The molecule has 87 valence electrons. The zero-order valence-electron chi connectivity index (χ0n) is 9.69. The molecule has 3 nitrogen and oxygen atoms in total. The lowest BCUT2D eigenvalue weighted by atomic mass is 10.3. The highest BCUT2D eigenvalue weighted by Gasteiger charge is 2.15. The zero-order chi connectivity index (χ0) is 11.8. The van der Waals surface area contributed by atoms with Crippen molar-refractivity contribution in [1.29, 1.82) is 0 Å². The van der Waals surface area contributed by atoms with Crippen molar-refractivity contribution in [2.75, 3.05) is 18.1 Å². The maximum atomic E-state index is 11.8. The number of carbonyl (C=O) groups is 1. The molecular formula is C13H18NO2. The molecule has 3 heteroatoms. The zero-order valence-corrected chi connectivity index (χ0v) is 9.69. The number of amides is 1. The van der Waals surface area contributed by atoms with Crippen LogP contribution in [0, 0.1) is 6.92 Å². The maximum Gasteiger partial charge on any atom is 0.414 e. The van der Waals surface area contributed by atoms with E-state index < -0.39 is 0 Å². The number of para-hydroxylation sites is 1. The molecule has 1 radical (unpaired) electrons. The van der Waals surface area contributed by atoms with Crippen molar-refractivity contribution in [3.8, 4) is 0 Å². The summed E-state index contributed by atoms with van der Waals surface area (Å²) < 4.78 is 5.12. The lowest BCUT2D eigenvalue weighted by molar-refractivity contribution is 0.154. The number of hydrogen-bond acceptors (Lipinski definition) is 2. The normalized spacial score (nSPS) is 9.88. The van der Waals surface area contributed by atoms with Crippen molar-refractivity contribution < 1.29 is 9.53 Å². The SMILES string of the molecule is [CH2]CCN(C(=O)OCCC)c1ccccc1. The molecular weight excluding hydrogens is 202 g/mol. The molecule has 1 aromatic carbocycles. The summed E-state index contributed by atoms with van der Waals surface area (Å²) in [5.41, 5.74) is 0.854. The van der Waals surface area contributed by atoms with E-state index >= 15 is 0 Å². The van der Waals surface area contributed by atoms with Crippen LogP contribution in [0.25, 0.3) is 0 Å². The van der Waals surface area contributed by atoms with E-state index in [4.69, 9.17) is 4.74 Å². The molecule has 1 aromatic rings. The summed E-state index contributed by atoms with van der Waals surface area (Å²) >= 11 is 0. The number of nitrogens with zero attached hydrogens (tertiary/aromatic N) is 1. The van der Waals surface area contributed by atoms with Gasteiger partial charge in [-0.2, -0.15) is 0 Å². The monoisotopic (exact) mass is 220 g/mol. The average Bonchev–Trinajstić information content (AvgIpc) is 2.34. The van der Waals surface area contributed by atoms with Gasteiger partial charge in [0, 0.05) is 12.2 Å². The molecule has 1 amide bonds. The largest absolute Gasteiger partial charge is 0.449 e. The standard InChI is InChI=1S/C13H18NO2/c1-3-10-14(13(15)16-11-4-2)12-8-6-5-7-9-12/h5-9H,1,3-4,10-11H2,2H3. The minimum absolute atomic E-state index is 0.295. The van der Waals surface area contributed by atoms with E-state index in [2.05, 4.69) is 6.92 Å². The average molecular weight is 220 g/mol. The van der Waals surface area contributed by atoms with Gasteiger partial charge in [0.2, 0.25) is 0 Å². The Balaban J connectivity index is 2.71. The third kappa shape index (κ3) is 3.57. The highest BCUT2D eigenvalue weighted by atomic mass is 16.6. The lowest BCUT2D eigenvalue weighted by Crippen LogP contribution is -2.32. The molecule has 0 atom stereocenters. The van der Waals surface area contributed by atoms with Gasteiger partial charge >= 0.3 is 6.09 Å². The Labute approximate surface area is 97.0 Å². The van der Waals surface area contributed by atoms with Crippen molar-refractivity contribution in [2.45, 2.75) is 19.8 Å². The molecule has 0 bridgehead atoms. The summed E-state index contributed by atoms with van der Waals surface area (Å²) in [4.78, 5) is 13.4. The summed E-state index contributed by atoms with van der Waals surface area (Å²) in [6.07, 6.45) is 1.20. The van der Waals surface area contributed by atoms with Gasteiger partial charge in [-0.15, -0.1) is 0 Å². The van der Waals surface area contributed by atoms with Gasteiger partial charge in [0.1, 0.15) is 0 Å². The Kier molecular flexibility index (Phi) is 5.40. The fourth-order valence-electron chi connectivity index (χ4n) is 1.36. The van der Waals surface area contributed by atoms with Crippen LogP contribution in [0.2, 0.25) is 0 Å². The van der Waals surface area contributed by atoms with Gasteiger partial charge < -0.3 is 4.74 Å². The predicted octanol–water partition coefficient (Wildman–Crippen LogP) is 3.26. The highest BCUT2D eigenvalue weighted by molar-refractivity contribution is 5.87. The molecule has 1 rings (SSSR count). The summed E-state index contributed by atoms with van der Waals surface area (Å²) in [5, 5.41) is 0. The highest BCUT2D eigenvalue weighted by Crippen LogP contribution is 2.14. The van der Waals surface area contributed by atoms with Crippen LogP contribution in [-0.2, 0) is 4.74 Å². The molecule has 16 heavy (non-hydrogen) atoms. The Bertz CT molecular complexity index is 311. The molecule has 0 saturated carbocycles. The van der Waals surface area contributed by atoms with Crippen molar-refractivity contribution in [2.24, 2.45) is 0 Å². The summed E-state index contributed by atoms with van der Waals surface area (Å²) in [6, 6.07) is 9.51. The third-order valence-electron chi connectivity index (χ3n) is 2.10. The van der Waals surface area contributed by atoms with Crippen molar-refractivity contribution in [1.82, 2.24) is 0 Å². The smallest absolute Gasteiger partial charge is 0.414 e. The number of anilines is 1. The van der Waals surface area contributed by atoms with Crippen LogP contribution in [-0.4, -0.2) is 19.2 Å². The minimum atomic E-state index is -0.295. The van der Waals surface area contributed by atoms with Crippen molar-refractivity contribution >= 4 is 11.8 Å². The van der Waals surface area contributed by atoms with Gasteiger partial charge in [-0.25, -0.2) is 4.79 Å². The topological polar surface area (TPSA) is 29.5 Å². The molecule has 0 aliphatic rings. The first kappa shape index (κ1) is 12.6. The van der Waals surface area contributed by atoms with E-state index in [0.717, 1.165) is 12.1 Å². The molecule has 0 aliphatic heterocycles. The molecule has 0 unspecified atom stereocenters. The van der Waals surface area contributed by atoms with Crippen LogP contribution in [0.3, 0.4) is 0 Å². The quantitative estimate of drug-likeness (QED) is 0.762. The minimum Gasteiger partial charge on any atom is -0.449 e.